The van der Waals surface area contributed by atoms with Crippen molar-refractivity contribution in [1.82, 2.24) is 0 Å². The highest BCUT2D eigenvalue weighted by Gasteiger charge is 2.31. The summed E-state index contributed by atoms with van der Waals surface area (Å²) >= 11 is 6.23. The molecule has 0 unspecified atom stereocenters. The Morgan fingerprint density at radius 2 is 0.929 bits per heavy atom. The van der Waals surface area contributed by atoms with Crippen molar-refractivity contribution in [3.8, 4) is 0 Å². The van der Waals surface area contributed by atoms with Crippen molar-refractivity contribution in [3.63, 3.8) is 0 Å². The summed E-state index contributed by atoms with van der Waals surface area (Å²) in [4.78, 5) is 20.8. The number of rotatable bonds is 3. The van der Waals surface area contributed by atoms with E-state index in [0.717, 1.165) is 0 Å². The van der Waals surface area contributed by atoms with Gasteiger partial charge in [-0.3, -0.25) is 0 Å². The van der Waals surface area contributed by atoms with Gasteiger partial charge >= 0.3 is 11.9 Å². The molecule has 2 aromatic carbocycles. The SMILES string of the molecule is CC(C)(O)C(C)(C)O.O=C(O)c1ccccc1Br.O=C(O)c1ccccc1Br. The van der Waals surface area contributed by atoms with Crippen LogP contribution in [0.2, 0.25) is 0 Å². The zero-order chi connectivity index (χ0) is 22.1. The monoisotopic (exact) mass is 518 g/mol. The molecule has 8 heteroatoms. The molecule has 154 valence electrons. The average molecular weight is 520 g/mol. The number of aliphatic hydroxyl groups is 2. The second-order valence-electron chi connectivity index (χ2n) is 6.69. The number of carboxylic acid groups (broad SMARTS) is 2. The van der Waals surface area contributed by atoms with E-state index in [2.05, 4.69) is 31.9 Å². The Labute approximate surface area is 181 Å². The van der Waals surface area contributed by atoms with E-state index in [1.54, 1.807) is 76.2 Å². The van der Waals surface area contributed by atoms with Crippen molar-refractivity contribution in [3.05, 3.63) is 68.6 Å². The largest absolute Gasteiger partial charge is 0.478 e. The molecule has 0 fully saturated rings. The summed E-state index contributed by atoms with van der Waals surface area (Å²) in [7, 11) is 0. The predicted octanol–water partition coefficient (Wildman–Crippen LogP) is 4.82. The second-order valence-corrected chi connectivity index (χ2v) is 8.40. The fourth-order valence-corrected chi connectivity index (χ4v) is 2.18. The van der Waals surface area contributed by atoms with Gasteiger partial charge < -0.3 is 20.4 Å². The van der Waals surface area contributed by atoms with Crippen LogP contribution in [0.15, 0.2) is 57.5 Å². The Hall–Kier alpha value is -1.74. The molecular formula is C20H24Br2O6. The minimum Gasteiger partial charge on any atom is -0.478 e. The molecule has 2 rings (SSSR count). The van der Waals surface area contributed by atoms with Crippen molar-refractivity contribution >= 4 is 43.8 Å². The van der Waals surface area contributed by atoms with Gasteiger partial charge in [-0.25, -0.2) is 9.59 Å². The standard InChI is InChI=1S/2C7H5BrO2.C6H14O2/c2*8-6-4-2-1-3-5(6)7(9)10;1-5(2,7)6(3,4)8/h2*1-4H,(H,9,10);7-8H,1-4H3. The summed E-state index contributed by atoms with van der Waals surface area (Å²) in [5.74, 6) is -1.82. The van der Waals surface area contributed by atoms with Crippen LogP contribution in [0.3, 0.4) is 0 Å². The summed E-state index contributed by atoms with van der Waals surface area (Å²) in [6.07, 6.45) is 0. The molecule has 0 aliphatic rings. The molecular weight excluding hydrogens is 496 g/mol. The summed E-state index contributed by atoms with van der Waals surface area (Å²) < 4.78 is 1.23. The van der Waals surface area contributed by atoms with Gasteiger partial charge in [0.1, 0.15) is 0 Å². The molecule has 0 bridgehead atoms. The molecule has 0 radical (unpaired) electrons. The minimum absolute atomic E-state index is 0.294. The lowest BCUT2D eigenvalue weighted by molar-refractivity contribution is -0.107. The van der Waals surface area contributed by atoms with Gasteiger partial charge in [-0.05, 0) is 83.8 Å². The van der Waals surface area contributed by atoms with Crippen molar-refractivity contribution in [2.45, 2.75) is 38.9 Å². The zero-order valence-electron chi connectivity index (χ0n) is 16.0. The minimum atomic E-state index is -1.01. The molecule has 0 aliphatic heterocycles. The lowest BCUT2D eigenvalue weighted by atomic mass is 9.90. The van der Waals surface area contributed by atoms with E-state index in [9.17, 15) is 9.59 Å². The molecule has 0 aliphatic carbocycles. The van der Waals surface area contributed by atoms with Crippen LogP contribution in [-0.4, -0.2) is 43.6 Å². The van der Waals surface area contributed by atoms with Crippen molar-refractivity contribution < 1.29 is 30.0 Å². The van der Waals surface area contributed by atoms with Crippen LogP contribution < -0.4 is 0 Å². The molecule has 0 amide bonds. The average Bonchev–Trinajstić information content (AvgIpc) is 2.54. The van der Waals surface area contributed by atoms with E-state index in [1.807, 2.05) is 0 Å². The highest BCUT2D eigenvalue weighted by atomic mass is 79.9. The highest BCUT2D eigenvalue weighted by Crippen LogP contribution is 2.19. The summed E-state index contributed by atoms with van der Waals surface area (Å²) in [5.41, 5.74) is -1.43. The molecule has 0 aromatic heterocycles. The maximum absolute atomic E-state index is 10.4. The number of benzene rings is 2. The topological polar surface area (TPSA) is 115 Å². The Kier molecular flexibility index (Phi) is 10.6. The molecule has 4 N–H and O–H groups in total. The number of aromatic carboxylic acids is 2. The molecule has 0 spiro atoms. The zero-order valence-corrected chi connectivity index (χ0v) is 19.2. The Bertz CT molecular complexity index is 724. The maximum atomic E-state index is 10.4. The van der Waals surface area contributed by atoms with Crippen LogP contribution in [0, 0.1) is 0 Å². The van der Waals surface area contributed by atoms with Crippen molar-refractivity contribution in [2.75, 3.05) is 0 Å². The van der Waals surface area contributed by atoms with E-state index >= 15 is 0 Å². The molecule has 0 heterocycles. The lowest BCUT2D eigenvalue weighted by Crippen LogP contribution is -2.44. The molecule has 28 heavy (non-hydrogen) atoms. The number of hydrogen-bond acceptors (Lipinski definition) is 4. The van der Waals surface area contributed by atoms with Crippen LogP contribution in [0.25, 0.3) is 0 Å². The van der Waals surface area contributed by atoms with Gasteiger partial charge in [0.25, 0.3) is 0 Å². The van der Waals surface area contributed by atoms with E-state index in [4.69, 9.17) is 20.4 Å². The molecule has 0 atom stereocenters. The fraction of sp³-hybridized carbons (Fsp3) is 0.300. The molecule has 2 aromatic rings. The number of carbonyl (C=O) groups is 2. The highest BCUT2D eigenvalue weighted by molar-refractivity contribution is 9.10. The van der Waals surface area contributed by atoms with Crippen LogP contribution in [0.4, 0.5) is 0 Å². The third kappa shape index (κ3) is 9.45. The molecule has 0 saturated heterocycles. The van der Waals surface area contributed by atoms with Gasteiger partial charge in [0.15, 0.2) is 0 Å². The first-order valence-corrected chi connectivity index (χ1v) is 9.67. The van der Waals surface area contributed by atoms with Crippen LogP contribution in [-0.2, 0) is 0 Å². The van der Waals surface area contributed by atoms with Gasteiger partial charge in [0.05, 0.1) is 22.3 Å². The summed E-state index contributed by atoms with van der Waals surface area (Å²) in [6.45, 7) is 6.31. The fourth-order valence-electron chi connectivity index (χ4n) is 1.27. The first kappa shape index (κ1) is 26.3. The Morgan fingerprint density at radius 3 is 1.07 bits per heavy atom. The van der Waals surface area contributed by atoms with Gasteiger partial charge in [-0.2, -0.15) is 0 Å². The molecule has 6 nitrogen and oxygen atoms in total. The number of halogens is 2. The first-order valence-electron chi connectivity index (χ1n) is 8.09. The summed E-state index contributed by atoms with van der Waals surface area (Å²) in [5, 5.41) is 35.3. The number of hydrogen-bond donors (Lipinski definition) is 4. The van der Waals surface area contributed by atoms with Crippen LogP contribution in [0.1, 0.15) is 48.4 Å². The Balaban J connectivity index is 0.000000394. The van der Waals surface area contributed by atoms with Crippen LogP contribution >= 0.6 is 31.9 Å². The van der Waals surface area contributed by atoms with E-state index in [-0.39, 0.29) is 0 Å². The van der Waals surface area contributed by atoms with Crippen molar-refractivity contribution in [1.29, 1.82) is 0 Å². The normalized spacial score (nSPS) is 10.7. The van der Waals surface area contributed by atoms with E-state index in [0.29, 0.717) is 20.1 Å². The number of carboxylic acids is 2. The van der Waals surface area contributed by atoms with Gasteiger partial charge in [-0.1, -0.05) is 24.3 Å². The van der Waals surface area contributed by atoms with Gasteiger partial charge in [-0.15, -0.1) is 0 Å². The quantitative estimate of drug-likeness (QED) is 0.462. The predicted molar refractivity (Wildman–Crippen MR) is 115 cm³/mol. The van der Waals surface area contributed by atoms with Gasteiger partial charge in [0.2, 0.25) is 0 Å². The molecule has 0 saturated carbocycles. The third-order valence-electron chi connectivity index (χ3n) is 3.71. The van der Waals surface area contributed by atoms with Gasteiger partial charge in [0, 0.05) is 8.95 Å². The van der Waals surface area contributed by atoms with Crippen LogP contribution in [0.5, 0.6) is 0 Å². The first-order chi connectivity index (χ1) is 12.7. The second kappa shape index (κ2) is 11.3. The lowest BCUT2D eigenvalue weighted by Gasteiger charge is -2.31. The maximum Gasteiger partial charge on any atom is 0.336 e. The van der Waals surface area contributed by atoms with E-state index in [1.165, 1.54) is 0 Å². The van der Waals surface area contributed by atoms with E-state index < -0.39 is 23.1 Å². The smallest absolute Gasteiger partial charge is 0.336 e. The van der Waals surface area contributed by atoms with Crippen molar-refractivity contribution in [2.24, 2.45) is 0 Å². The third-order valence-corrected chi connectivity index (χ3v) is 5.09. The Morgan fingerprint density at radius 1 is 0.679 bits per heavy atom. The summed E-state index contributed by atoms with van der Waals surface area (Å²) in [6, 6.07) is 13.4.